The Morgan fingerprint density at radius 1 is 1.18 bits per heavy atom. The van der Waals surface area contributed by atoms with E-state index in [2.05, 4.69) is 21.7 Å². The van der Waals surface area contributed by atoms with Crippen LogP contribution in [0.3, 0.4) is 0 Å². The molecular weight excluding hydrogens is 394 g/mol. The smallest absolute Gasteiger partial charge is 0.243 e. The minimum Gasteiger partial charge on any atom is -0.308 e. The third-order valence-corrected chi connectivity index (χ3v) is 7.88. The molecule has 3 rings (SSSR count). The number of rotatable bonds is 9. The first-order valence-corrected chi connectivity index (χ1v) is 11.8. The Morgan fingerprint density at radius 3 is 2.43 bits per heavy atom. The van der Waals surface area contributed by atoms with Crippen LogP contribution >= 0.6 is 11.3 Å². The van der Waals surface area contributed by atoms with Crippen molar-refractivity contribution in [2.75, 3.05) is 40.3 Å². The first kappa shape index (κ1) is 21.1. The molecule has 1 N–H and O–H groups in total. The van der Waals surface area contributed by atoms with Crippen LogP contribution in [-0.2, 0) is 10.0 Å². The zero-order valence-electron chi connectivity index (χ0n) is 16.3. The fourth-order valence-electron chi connectivity index (χ4n) is 3.33. The van der Waals surface area contributed by atoms with E-state index in [1.807, 2.05) is 20.2 Å². The molecule has 0 radical (unpaired) electrons. The number of carbonyl (C=O) groups excluding carboxylic acids is 1. The second kappa shape index (κ2) is 9.28. The van der Waals surface area contributed by atoms with Gasteiger partial charge in [0.25, 0.3) is 0 Å². The van der Waals surface area contributed by atoms with E-state index in [1.54, 1.807) is 23.5 Å². The molecule has 0 bridgehead atoms. The Labute approximate surface area is 171 Å². The van der Waals surface area contributed by atoms with Crippen molar-refractivity contribution in [1.29, 1.82) is 0 Å². The average molecular weight is 422 g/mol. The maximum Gasteiger partial charge on any atom is 0.243 e. The summed E-state index contributed by atoms with van der Waals surface area (Å²) in [6.45, 7) is 2.03. The Morgan fingerprint density at radius 2 is 1.86 bits per heavy atom. The van der Waals surface area contributed by atoms with E-state index in [0.29, 0.717) is 25.2 Å². The van der Waals surface area contributed by atoms with E-state index in [4.69, 9.17) is 0 Å². The fraction of sp³-hybridized carbons (Fsp3) is 0.450. The zero-order chi connectivity index (χ0) is 20.1. The molecular formula is C20H27N3O3S2. The lowest BCUT2D eigenvalue weighted by Gasteiger charge is -2.23. The highest BCUT2D eigenvalue weighted by Crippen LogP contribution is 2.23. The van der Waals surface area contributed by atoms with E-state index in [9.17, 15) is 13.2 Å². The second-order valence-corrected chi connectivity index (χ2v) is 10.1. The van der Waals surface area contributed by atoms with E-state index in [1.165, 1.54) is 21.3 Å². The van der Waals surface area contributed by atoms with Gasteiger partial charge in [-0.3, -0.25) is 4.79 Å². The summed E-state index contributed by atoms with van der Waals surface area (Å²) in [5.74, 6) is -0.0474. The molecule has 0 saturated carbocycles. The van der Waals surface area contributed by atoms with Gasteiger partial charge in [0, 0.05) is 30.1 Å². The summed E-state index contributed by atoms with van der Waals surface area (Å²) in [5.41, 5.74) is 0.519. The van der Waals surface area contributed by atoms with Gasteiger partial charge in [-0.05, 0) is 50.5 Å². The molecule has 0 amide bonds. The van der Waals surface area contributed by atoms with E-state index < -0.39 is 10.0 Å². The number of benzene rings is 1. The van der Waals surface area contributed by atoms with Gasteiger partial charge >= 0.3 is 0 Å². The van der Waals surface area contributed by atoms with Gasteiger partial charge in [-0.15, -0.1) is 11.3 Å². The Bertz CT molecular complexity index is 872. The van der Waals surface area contributed by atoms with Gasteiger partial charge < -0.3 is 10.2 Å². The van der Waals surface area contributed by atoms with E-state index >= 15 is 0 Å². The largest absolute Gasteiger partial charge is 0.308 e. The third kappa shape index (κ3) is 4.87. The van der Waals surface area contributed by atoms with Crippen molar-refractivity contribution in [2.45, 2.75) is 23.8 Å². The standard InChI is InChI=1S/C20H27N3O3S2/c1-22(2)18(20-6-5-13-27-20)14-21-15-19(24)16-7-9-17(10-8-16)28(25,26)23-11-3-4-12-23/h5-10,13,18,21H,3-4,11-12,14-15H2,1-2H3. The summed E-state index contributed by atoms with van der Waals surface area (Å²) in [6.07, 6.45) is 1.81. The van der Waals surface area contributed by atoms with Crippen LogP contribution in [-0.4, -0.2) is 63.7 Å². The lowest BCUT2D eigenvalue weighted by molar-refractivity contribution is 0.0988. The van der Waals surface area contributed by atoms with Gasteiger partial charge in [-0.25, -0.2) is 8.42 Å². The van der Waals surface area contributed by atoms with Crippen molar-refractivity contribution in [2.24, 2.45) is 0 Å². The lowest BCUT2D eigenvalue weighted by Crippen LogP contribution is -2.33. The summed E-state index contributed by atoms with van der Waals surface area (Å²) in [5, 5.41) is 5.28. The molecule has 1 aromatic carbocycles. The summed E-state index contributed by atoms with van der Waals surface area (Å²) in [4.78, 5) is 16.1. The van der Waals surface area contributed by atoms with Crippen LogP contribution in [0.15, 0.2) is 46.7 Å². The number of ketones is 1. The fourth-order valence-corrected chi connectivity index (χ4v) is 5.77. The molecule has 1 unspecified atom stereocenters. The summed E-state index contributed by atoms with van der Waals surface area (Å²) in [7, 11) is 0.601. The average Bonchev–Trinajstić information content (AvgIpc) is 3.39. The number of nitrogens with one attached hydrogen (secondary N) is 1. The van der Waals surface area contributed by atoms with Crippen molar-refractivity contribution in [3.8, 4) is 0 Å². The summed E-state index contributed by atoms with van der Waals surface area (Å²) >= 11 is 1.70. The van der Waals surface area contributed by atoms with Crippen molar-refractivity contribution in [3.05, 3.63) is 52.2 Å². The molecule has 1 aliphatic rings. The quantitative estimate of drug-likeness (QED) is 0.631. The van der Waals surface area contributed by atoms with Crippen LogP contribution in [0.1, 0.15) is 34.1 Å². The lowest BCUT2D eigenvalue weighted by atomic mass is 10.1. The van der Waals surface area contributed by atoms with Gasteiger partial charge in [0.05, 0.1) is 17.5 Å². The van der Waals surface area contributed by atoms with Crippen LogP contribution in [0, 0.1) is 0 Å². The molecule has 1 saturated heterocycles. The van der Waals surface area contributed by atoms with Gasteiger partial charge in [-0.1, -0.05) is 18.2 Å². The van der Waals surface area contributed by atoms with Gasteiger partial charge in [-0.2, -0.15) is 4.31 Å². The Kier molecular flexibility index (Phi) is 7.00. The molecule has 6 nitrogen and oxygen atoms in total. The SMILES string of the molecule is CN(C)C(CNCC(=O)c1ccc(S(=O)(=O)N2CCCC2)cc1)c1cccs1. The second-order valence-electron chi connectivity index (χ2n) is 7.18. The number of hydrogen-bond donors (Lipinski definition) is 1. The van der Waals surface area contributed by atoms with E-state index in [0.717, 1.165) is 12.8 Å². The molecule has 2 aromatic rings. The van der Waals surface area contributed by atoms with E-state index in [-0.39, 0.29) is 23.3 Å². The van der Waals surface area contributed by atoms with Crippen molar-refractivity contribution < 1.29 is 13.2 Å². The molecule has 2 heterocycles. The monoisotopic (exact) mass is 421 g/mol. The normalized spacial score (nSPS) is 16.5. The molecule has 1 atom stereocenters. The Hall–Kier alpha value is -1.58. The van der Waals surface area contributed by atoms with Crippen LogP contribution in [0.25, 0.3) is 0 Å². The topological polar surface area (TPSA) is 69.7 Å². The highest BCUT2D eigenvalue weighted by Gasteiger charge is 2.27. The zero-order valence-corrected chi connectivity index (χ0v) is 17.9. The molecule has 0 aliphatic carbocycles. The highest BCUT2D eigenvalue weighted by atomic mass is 32.2. The van der Waals surface area contributed by atoms with Gasteiger partial charge in [0.15, 0.2) is 5.78 Å². The molecule has 0 spiro atoms. The number of thiophene rings is 1. The number of nitrogens with zero attached hydrogens (tertiary/aromatic N) is 2. The van der Waals surface area contributed by atoms with Crippen molar-refractivity contribution in [1.82, 2.24) is 14.5 Å². The number of likely N-dealkylation sites (N-methyl/N-ethyl adjacent to an activating group) is 1. The summed E-state index contributed by atoms with van der Waals surface area (Å²) < 4.78 is 26.6. The third-order valence-electron chi connectivity index (χ3n) is 5.00. The number of sulfonamides is 1. The highest BCUT2D eigenvalue weighted by molar-refractivity contribution is 7.89. The Balaban J connectivity index is 1.57. The van der Waals surface area contributed by atoms with Crippen molar-refractivity contribution in [3.63, 3.8) is 0 Å². The molecule has 28 heavy (non-hydrogen) atoms. The number of Topliss-reactive ketones (excluding diaryl/α,β-unsaturated/α-hetero) is 1. The molecule has 8 heteroatoms. The van der Waals surface area contributed by atoms with Crippen molar-refractivity contribution >= 4 is 27.1 Å². The molecule has 1 aliphatic heterocycles. The van der Waals surface area contributed by atoms with Gasteiger partial charge in [0.1, 0.15) is 0 Å². The van der Waals surface area contributed by atoms with Crippen LogP contribution < -0.4 is 5.32 Å². The van der Waals surface area contributed by atoms with Gasteiger partial charge in [0.2, 0.25) is 10.0 Å². The molecule has 152 valence electrons. The predicted molar refractivity (Wildman–Crippen MR) is 112 cm³/mol. The molecule has 1 fully saturated rings. The maximum absolute atomic E-state index is 12.6. The first-order chi connectivity index (χ1) is 13.4. The van der Waals surface area contributed by atoms with Crippen LogP contribution in [0.5, 0.6) is 0 Å². The number of hydrogen-bond acceptors (Lipinski definition) is 6. The minimum absolute atomic E-state index is 0.0474. The minimum atomic E-state index is -3.44. The van der Waals surface area contributed by atoms with Crippen LogP contribution in [0.4, 0.5) is 0 Å². The molecule has 1 aromatic heterocycles. The van der Waals surface area contributed by atoms with Crippen LogP contribution in [0.2, 0.25) is 0 Å². The summed E-state index contributed by atoms with van der Waals surface area (Å²) in [6, 6.07) is 10.6. The predicted octanol–water partition coefficient (Wildman–Crippen LogP) is 2.61. The number of carbonyl (C=O) groups is 1. The first-order valence-electron chi connectivity index (χ1n) is 9.43. The maximum atomic E-state index is 12.6.